The standard InChI is InChI=1S/C29H32F2N4O2.2C2H6/c1-19(33-20(2)27-14-26(30)7-8-28(27)31)24-13-25(23-5-3-22(18-36)4-6-23)17-35(16-24)29(37)34-11-9-21(15-32)10-12-34;2*1-2/h3-8,14,21,24-25,36H,2,9-13,16-18H2,1H3;2*1-2H3. The highest BCUT2D eigenvalue weighted by molar-refractivity contribution is 5.90. The molecule has 0 radical (unpaired) electrons. The summed E-state index contributed by atoms with van der Waals surface area (Å²) in [5.41, 5.74) is 2.73. The van der Waals surface area contributed by atoms with E-state index in [0.29, 0.717) is 44.7 Å². The summed E-state index contributed by atoms with van der Waals surface area (Å²) in [5.74, 6) is -1.24. The summed E-state index contributed by atoms with van der Waals surface area (Å²) in [7, 11) is 0. The highest BCUT2D eigenvalue weighted by atomic mass is 19.1. The van der Waals surface area contributed by atoms with E-state index in [0.717, 1.165) is 35.7 Å². The van der Waals surface area contributed by atoms with Crippen LogP contribution in [0.5, 0.6) is 0 Å². The number of halogens is 2. The van der Waals surface area contributed by atoms with Gasteiger partial charge in [0.1, 0.15) is 11.6 Å². The molecule has 0 spiro atoms. The number of amides is 2. The number of urea groups is 1. The Kier molecular flexibility index (Phi) is 13.6. The lowest BCUT2D eigenvalue weighted by Crippen LogP contribution is -2.52. The number of rotatable bonds is 5. The number of hydrogen-bond acceptors (Lipinski definition) is 4. The lowest BCUT2D eigenvalue weighted by atomic mass is 9.82. The molecule has 1 N–H and O–H groups in total. The molecule has 2 amide bonds. The number of piperidine rings is 2. The van der Waals surface area contributed by atoms with Crippen molar-refractivity contribution in [3.8, 4) is 6.07 Å². The lowest BCUT2D eigenvalue weighted by molar-refractivity contribution is 0.119. The Morgan fingerprint density at radius 2 is 1.68 bits per heavy atom. The molecule has 41 heavy (non-hydrogen) atoms. The van der Waals surface area contributed by atoms with Crippen LogP contribution in [-0.2, 0) is 6.61 Å². The van der Waals surface area contributed by atoms with Crippen molar-refractivity contribution in [1.82, 2.24) is 9.80 Å². The van der Waals surface area contributed by atoms with Crippen LogP contribution in [0.2, 0.25) is 0 Å². The van der Waals surface area contributed by atoms with Crippen LogP contribution in [0.25, 0.3) is 5.70 Å². The van der Waals surface area contributed by atoms with E-state index in [4.69, 9.17) is 0 Å². The van der Waals surface area contributed by atoms with Crippen LogP contribution in [0, 0.1) is 34.8 Å². The predicted molar refractivity (Wildman–Crippen MR) is 161 cm³/mol. The molecule has 2 unspecified atom stereocenters. The minimum Gasteiger partial charge on any atom is -0.392 e. The van der Waals surface area contributed by atoms with Crippen molar-refractivity contribution >= 4 is 17.4 Å². The van der Waals surface area contributed by atoms with Gasteiger partial charge in [0.15, 0.2) is 0 Å². The number of carbonyl (C=O) groups is 1. The SMILES string of the molecule is C=C(N=C(C)C1CC(c2ccc(CO)cc2)CN(C(=O)N2CCC(C#N)CC2)C1)c1cc(F)ccc1F.CC.CC. The molecular formula is C33H44F2N4O2. The lowest BCUT2D eigenvalue weighted by Gasteiger charge is -2.41. The number of nitrogens with zero attached hydrogens (tertiary/aromatic N) is 4. The largest absolute Gasteiger partial charge is 0.392 e. The van der Waals surface area contributed by atoms with Gasteiger partial charge in [-0.05, 0) is 55.5 Å². The second-order valence-corrected chi connectivity index (χ2v) is 9.93. The Morgan fingerprint density at radius 1 is 1.05 bits per heavy atom. The quantitative estimate of drug-likeness (QED) is 0.383. The fourth-order valence-corrected chi connectivity index (χ4v) is 5.18. The van der Waals surface area contributed by atoms with Gasteiger partial charge in [-0.3, -0.25) is 4.99 Å². The van der Waals surface area contributed by atoms with Gasteiger partial charge in [-0.25, -0.2) is 13.6 Å². The molecule has 2 saturated heterocycles. The van der Waals surface area contributed by atoms with E-state index in [1.807, 2.05) is 68.7 Å². The van der Waals surface area contributed by atoms with Crippen LogP contribution in [0.4, 0.5) is 13.6 Å². The third kappa shape index (κ3) is 8.96. The average molecular weight is 567 g/mol. The Labute approximate surface area is 244 Å². The maximum Gasteiger partial charge on any atom is 0.320 e. The molecule has 6 nitrogen and oxygen atoms in total. The number of likely N-dealkylation sites (tertiary alicyclic amines) is 2. The van der Waals surface area contributed by atoms with Crippen LogP contribution < -0.4 is 0 Å². The summed E-state index contributed by atoms with van der Waals surface area (Å²) in [6.45, 7) is 15.8. The number of carbonyl (C=O) groups excluding carboxylic acids is 1. The summed E-state index contributed by atoms with van der Waals surface area (Å²) in [6, 6.07) is 13.2. The monoisotopic (exact) mass is 566 g/mol. The second kappa shape index (κ2) is 16.6. The first-order chi connectivity index (χ1) is 19.8. The van der Waals surface area contributed by atoms with Gasteiger partial charge in [0.05, 0.1) is 18.4 Å². The maximum absolute atomic E-state index is 14.3. The van der Waals surface area contributed by atoms with Gasteiger partial charge in [-0.15, -0.1) is 0 Å². The van der Waals surface area contributed by atoms with Crippen molar-refractivity contribution < 1.29 is 18.7 Å². The summed E-state index contributed by atoms with van der Waals surface area (Å²) >= 11 is 0. The highest BCUT2D eigenvalue weighted by Gasteiger charge is 2.35. The minimum absolute atomic E-state index is 0.0135. The molecular weight excluding hydrogens is 522 g/mol. The normalized spacial score (nSPS) is 19.2. The Hall–Kier alpha value is -3.57. The summed E-state index contributed by atoms with van der Waals surface area (Å²) < 4.78 is 28.0. The third-order valence-electron chi connectivity index (χ3n) is 7.44. The van der Waals surface area contributed by atoms with Crippen molar-refractivity contribution in [2.45, 2.75) is 66.4 Å². The van der Waals surface area contributed by atoms with E-state index < -0.39 is 11.6 Å². The number of nitriles is 1. The number of hydrogen-bond donors (Lipinski definition) is 1. The van der Waals surface area contributed by atoms with Crippen LogP contribution in [-0.4, -0.2) is 52.8 Å². The highest BCUT2D eigenvalue weighted by Crippen LogP contribution is 2.33. The van der Waals surface area contributed by atoms with Crippen LogP contribution in [0.15, 0.2) is 54.0 Å². The van der Waals surface area contributed by atoms with Crippen molar-refractivity contribution in [2.75, 3.05) is 26.2 Å². The molecule has 222 valence electrons. The maximum atomic E-state index is 14.3. The number of benzene rings is 2. The van der Waals surface area contributed by atoms with Crippen LogP contribution in [0.3, 0.4) is 0 Å². The molecule has 2 fully saturated rings. The van der Waals surface area contributed by atoms with E-state index >= 15 is 0 Å². The zero-order valence-corrected chi connectivity index (χ0v) is 25.0. The molecule has 2 atom stereocenters. The summed E-state index contributed by atoms with van der Waals surface area (Å²) in [5, 5.41) is 18.6. The van der Waals surface area contributed by atoms with E-state index in [1.54, 1.807) is 0 Å². The summed E-state index contributed by atoms with van der Waals surface area (Å²) in [6.07, 6.45) is 2.07. The van der Waals surface area contributed by atoms with Crippen molar-refractivity contribution in [2.24, 2.45) is 16.8 Å². The molecule has 4 rings (SSSR count). The smallest absolute Gasteiger partial charge is 0.320 e. The Morgan fingerprint density at radius 3 is 2.27 bits per heavy atom. The van der Waals surface area contributed by atoms with E-state index in [2.05, 4.69) is 17.6 Å². The Bertz CT molecular complexity index is 1210. The topological polar surface area (TPSA) is 79.9 Å². The number of aliphatic hydroxyl groups excluding tert-OH is 1. The minimum atomic E-state index is -0.592. The Balaban J connectivity index is 0.00000141. The molecule has 8 heteroatoms. The average Bonchev–Trinajstić information content (AvgIpc) is 3.03. The molecule has 2 aliphatic rings. The van der Waals surface area contributed by atoms with Crippen LogP contribution >= 0.6 is 0 Å². The first-order valence-corrected chi connectivity index (χ1v) is 14.6. The van der Waals surface area contributed by atoms with Gasteiger partial charge in [0, 0.05) is 55.2 Å². The second-order valence-electron chi connectivity index (χ2n) is 9.93. The van der Waals surface area contributed by atoms with Crippen molar-refractivity contribution in [3.63, 3.8) is 0 Å². The third-order valence-corrected chi connectivity index (χ3v) is 7.44. The van der Waals surface area contributed by atoms with Gasteiger partial charge in [0.25, 0.3) is 0 Å². The predicted octanol–water partition coefficient (Wildman–Crippen LogP) is 7.40. The van der Waals surface area contributed by atoms with Gasteiger partial charge in [-0.2, -0.15) is 5.26 Å². The molecule has 0 saturated carbocycles. The fourth-order valence-electron chi connectivity index (χ4n) is 5.18. The molecule has 0 aromatic heterocycles. The first kappa shape index (κ1) is 33.6. The fraction of sp³-hybridized carbons (Fsp3) is 0.485. The molecule has 2 heterocycles. The van der Waals surface area contributed by atoms with Gasteiger partial charge < -0.3 is 14.9 Å². The van der Waals surface area contributed by atoms with E-state index in [-0.39, 0.29) is 41.7 Å². The van der Waals surface area contributed by atoms with Crippen molar-refractivity contribution in [3.05, 3.63) is 77.4 Å². The van der Waals surface area contributed by atoms with Gasteiger partial charge in [-0.1, -0.05) is 58.5 Å². The van der Waals surface area contributed by atoms with E-state index in [1.165, 1.54) is 0 Å². The van der Waals surface area contributed by atoms with Gasteiger partial charge in [0.2, 0.25) is 0 Å². The van der Waals surface area contributed by atoms with Gasteiger partial charge >= 0.3 is 6.03 Å². The molecule has 0 bridgehead atoms. The molecule has 0 aliphatic carbocycles. The molecule has 2 aromatic carbocycles. The summed E-state index contributed by atoms with van der Waals surface area (Å²) in [4.78, 5) is 21.7. The first-order valence-electron chi connectivity index (χ1n) is 14.6. The number of aliphatic hydroxyl groups is 1. The van der Waals surface area contributed by atoms with E-state index in [9.17, 15) is 23.9 Å². The number of aliphatic imine (C=N–C) groups is 1. The molecule has 2 aliphatic heterocycles. The zero-order chi connectivity index (χ0) is 30.5. The zero-order valence-electron chi connectivity index (χ0n) is 25.0. The van der Waals surface area contributed by atoms with Crippen molar-refractivity contribution in [1.29, 1.82) is 5.26 Å². The van der Waals surface area contributed by atoms with Crippen LogP contribution in [0.1, 0.15) is 76.5 Å². The molecule has 2 aromatic rings.